The first-order valence-electron chi connectivity index (χ1n) is 4.56. The second kappa shape index (κ2) is 3.96. The molecule has 1 heterocycles. The fraction of sp³-hybridized carbons (Fsp3) is 0.100. The highest BCUT2D eigenvalue weighted by molar-refractivity contribution is 6.30. The van der Waals surface area contributed by atoms with Gasteiger partial charge in [0.2, 0.25) is 0 Å². The molecule has 2 rings (SSSR count). The molecular formula is C10H7ClF3N3. The third kappa shape index (κ3) is 2.36. The molecule has 0 fully saturated rings. The van der Waals surface area contributed by atoms with Gasteiger partial charge in [0.05, 0.1) is 5.69 Å². The number of nitrogens with two attached hydrogens (primary N) is 1. The Balaban J connectivity index is 2.50. The molecule has 0 unspecified atom stereocenters. The number of hydrogen-bond donors (Lipinski definition) is 1. The van der Waals surface area contributed by atoms with Gasteiger partial charge in [0.15, 0.2) is 5.69 Å². The maximum absolute atomic E-state index is 12.4. The summed E-state index contributed by atoms with van der Waals surface area (Å²) >= 11 is 5.74. The van der Waals surface area contributed by atoms with E-state index in [0.29, 0.717) is 10.7 Å². The lowest BCUT2D eigenvalue weighted by Gasteiger charge is -2.04. The second-order valence-corrected chi connectivity index (χ2v) is 3.78. The van der Waals surface area contributed by atoms with Crippen LogP contribution in [0.15, 0.2) is 30.3 Å². The smallest absolute Gasteiger partial charge is 0.384 e. The van der Waals surface area contributed by atoms with Gasteiger partial charge >= 0.3 is 6.18 Å². The van der Waals surface area contributed by atoms with Gasteiger partial charge in [-0.25, -0.2) is 4.68 Å². The van der Waals surface area contributed by atoms with Gasteiger partial charge in [0.25, 0.3) is 0 Å². The maximum Gasteiger partial charge on any atom is 0.435 e. The summed E-state index contributed by atoms with van der Waals surface area (Å²) in [6.07, 6.45) is -4.52. The highest BCUT2D eigenvalue weighted by Crippen LogP contribution is 2.30. The highest BCUT2D eigenvalue weighted by Gasteiger charge is 2.34. The third-order valence-electron chi connectivity index (χ3n) is 2.08. The summed E-state index contributed by atoms with van der Waals surface area (Å²) in [7, 11) is 0. The van der Waals surface area contributed by atoms with Crippen LogP contribution in [0.25, 0.3) is 5.69 Å². The average Bonchev–Trinajstić information content (AvgIpc) is 2.60. The van der Waals surface area contributed by atoms with Crippen LogP contribution in [0, 0.1) is 0 Å². The molecule has 17 heavy (non-hydrogen) atoms. The largest absolute Gasteiger partial charge is 0.435 e. The topological polar surface area (TPSA) is 43.8 Å². The summed E-state index contributed by atoms with van der Waals surface area (Å²) in [5.41, 5.74) is 4.83. The molecule has 0 saturated carbocycles. The lowest BCUT2D eigenvalue weighted by Crippen LogP contribution is -2.07. The van der Waals surface area contributed by atoms with Crippen LogP contribution < -0.4 is 5.73 Å². The van der Waals surface area contributed by atoms with Crippen molar-refractivity contribution < 1.29 is 13.2 Å². The fourth-order valence-corrected chi connectivity index (χ4v) is 1.53. The van der Waals surface area contributed by atoms with Crippen LogP contribution in [0.2, 0.25) is 5.02 Å². The van der Waals surface area contributed by atoms with Crippen molar-refractivity contribution in [3.63, 3.8) is 0 Å². The van der Waals surface area contributed by atoms with E-state index in [9.17, 15) is 13.2 Å². The number of benzene rings is 1. The zero-order valence-corrected chi connectivity index (χ0v) is 9.13. The summed E-state index contributed by atoms with van der Waals surface area (Å²) in [4.78, 5) is 0. The van der Waals surface area contributed by atoms with Crippen LogP contribution in [0.3, 0.4) is 0 Å². The molecule has 0 aliphatic heterocycles. The summed E-state index contributed by atoms with van der Waals surface area (Å²) in [6, 6.07) is 7.03. The van der Waals surface area contributed by atoms with E-state index in [4.69, 9.17) is 17.3 Å². The van der Waals surface area contributed by atoms with Crippen LogP contribution in [-0.4, -0.2) is 9.78 Å². The molecule has 2 aromatic rings. The van der Waals surface area contributed by atoms with Crippen molar-refractivity contribution in [3.8, 4) is 5.69 Å². The molecule has 0 aliphatic rings. The molecule has 90 valence electrons. The molecule has 1 aromatic carbocycles. The Morgan fingerprint density at radius 1 is 1.24 bits per heavy atom. The number of rotatable bonds is 1. The number of nitrogen functional groups attached to an aromatic ring is 1. The number of aromatic nitrogens is 2. The minimum atomic E-state index is -4.52. The minimum absolute atomic E-state index is 0.0976. The van der Waals surface area contributed by atoms with Gasteiger partial charge in [-0.05, 0) is 18.2 Å². The van der Waals surface area contributed by atoms with E-state index in [1.165, 1.54) is 6.07 Å². The van der Waals surface area contributed by atoms with Gasteiger partial charge in [0.1, 0.15) is 5.82 Å². The molecule has 0 radical (unpaired) electrons. The molecule has 0 bridgehead atoms. The van der Waals surface area contributed by atoms with Crippen molar-refractivity contribution in [1.29, 1.82) is 0 Å². The van der Waals surface area contributed by atoms with Gasteiger partial charge < -0.3 is 5.73 Å². The molecule has 2 N–H and O–H groups in total. The second-order valence-electron chi connectivity index (χ2n) is 3.34. The summed E-state index contributed by atoms with van der Waals surface area (Å²) in [6.45, 7) is 0. The normalized spacial score (nSPS) is 11.8. The van der Waals surface area contributed by atoms with E-state index in [-0.39, 0.29) is 5.82 Å². The van der Waals surface area contributed by atoms with Crippen molar-refractivity contribution in [2.24, 2.45) is 0 Å². The zero-order valence-electron chi connectivity index (χ0n) is 8.37. The number of halogens is 4. The SMILES string of the molecule is Nc1cc(C(F)(F)F)nn1-c1cccc(Cl)c1. The predicted molar refractivity (Wildman–Crippen MR) is 58.0 cm³/mol. The third-order valence-corrected chi connectivity index (χ3v) is 2.32. The standard InChI is InChI=1S/C10H7ClF3N3/c11-6-2-1-3-7(4-6)17-9(15)5-8(16-17)10(12,13)14/h1-5H,15H2. The fourth-order valence-electron chi connectivity index (χ4n) is 1.35. The average molecular weight is 262 g/mol. The highest BCUT2D eigenvalue weighted by atomic mass is 35.5. The Morgan fingerprint density at radius 2 is 1.94 bits per heavy atom. The quantitative estimate of drug-likeness (QED) is 0.857. The van der Waals surface area contributed by atoms with Crippen molar-refractivity contribution >= 4 is 17.4 Å². The first-order valence-corrected chi connectivity index (χ1v) is 4.94. The first-order chi connectivity index (χ1) is 7.88. The monoisotopic (exact) mass is 261 g/mol. The van der Waals surface area contributed by atoms with Gasteiger partial charge in [-0.3, -0.25) is 0 Å². The molecule has 0 amide bonds. The van der Waals surface area contributed by atoms with Crippen LogP contribution in [-0.2, 0) is 6.18 Å². The lowest BCUT2D eigenvalue weighted by atomic mass is 10.3. The van der Waals surface area contributed by atoms with E-state index in [0.717, 1.165) is 10.7 Å². The summed E-state index contributed by atoms with van der Waals surface area (Å²) in [5.74, 6) is -0.0976. The Kier molecular flexibility index (Phi) is 2.74. The minimum Gasteiger partial charge on any atom is -0.384 e. The van der Waals surface area contributed by atoms with Crippen LogP contribution in [0.1, 0.15) is 5.69 Å². The molecule has 1 aromatic heterocycles. The van der Waals surface area contributed by atoms with Crippen LogP contribution in [0.4, 0.5) is 19.0 Å². The first kappa shape index (κ1) is 11.8. The van der Waals surface area contributed by atoms with Crippen molar-refractivity contribution in [3.05, 3.63) is 41.0 Å². The van der Waals surface area contributed by atoms with Gasteiger partial charge in [0, 0.05) is 11.1 Å². The number of nitrogens with zero attached hydrogens (tertiary/aromatic N) is 2. The van der Waals surface area contributed by atoms with E-state index in [1.807, 2.05) is 0 Å². The molecular weight excluding hydrogens is 255 g/mol. The summed E-state index contributed by atoms with van der Waals surface area (Å²) < 4.78 is 38.3. The predicted octanol–water partition coefficient (Wildman–Crippen LogP) is 3.13. The molecule has 7 heteroatoms. The number of hydrogen-bond acceptors (Lipinski definition) is 2. The Hall–Kier alpha value is -1.69. The molecule has 0 aliphatic carbocycles. The summed E-state index contributed by atoms with van der Waals surface area (Å²) in [5, 5.41) is 3.79. The van der Waals surface area contributed by atoms with Crippen molar-refractivity contribution in [2.75, 3.05) is 5.73 Å². The van der Waals surface area contributed by atoms with Gasteiger partial charge in [-0.1, -0.05) is 17.7 Å². The lowest BCUT2D eigenvalue weighted by molar-refractivity contribution is -0.141. The maximum atomic E-state index is 12.4. The van der Waals surface area contributed by atoms with E-state index < -0.39 is 11.9 Å². The number of anilines is 1. The van der Waals surface area contributed by atoms with Gasteiger partial charge in [-0.15, -0.1) is 0 Å². The van der Waals surface area contributed by atoms with E-state index in [1.54, 1.807) is 18.2 Å². The molecule has 0 atom stereocenters. The van der Waals surface area contributed by atoms with Crippen molar-refractivity contribution in [1.82, 2.24) is 9.78 Å². The Bertz CT molecular complexity index is 548. The molecule has 0 spiro atoms. The molecule has 3 nitrogen and oxygen atoms in total. The zero-order chi connectivity index (χ0) is 12.6. The Labute approximate surface area is 99.6 Å². The van der Waals surface area contributed by atoms with Crippen LogP contribution in [0.5, 0.6) is 0 Å². The van der Waals surface area contributed by atoms with E-state index >= 15 is 0 Å². The van der Waals surface area contributed by atoms with Gasteiger partial charge in [-0.2, -0.15) is 18.3 Å². The van der Waals surface area contributed by atoms with Crippen molar-refractivity contribution in [2.45, 2.75) is 6.18 Å². The number of alkyl halides is 3. The Morgan fingerprint density at radius 3 is 2.47 bits per heavy atom. The van der Waals surface area contributed by atoms with Crippen LogP contribution >= 0.6 is 11.6 Å². The molecule has 0 saturated heterocycles. The van der Waals surface area contributed by atoms with E-state index in [2.05, 4.69) is 5.10 Å².